The SMILES string of the molecule is O=C(NCCc1ccccc1)c1cnc(N2CCN(c3ncccn3)CC2)nc1. The average molecular weight is 389 g/mol. The van der Waals surface area contributed by atoms with E-state index < -0.39 is 0 Å². The lowest BCUT2D eigenvalue weighted by Crippen LogP contribution is -2.47. The van der Waals surface area contributed by atoms with Gasteiger partial charge >= 0.3 is 0 Å². The van der Waals surface area contributed by atoms with Crippen LogP contribution in [0.2, 0.25) is 0 Å². The molecule has 1 aliphatic rings. The van der Waals surface area contributed by atoms with Gasteiger partial charge < -0.3 is 15.1 Å². The highest BCUT2D eigenvalue weighted by Gasteiger charge is 2.20. The molecule has 1 aromatic carbocycles. The number of aromatic nitrogens is 4. The second-order valence-electron chi connectivity index (χ2n) is 6.79. The number of nitrogens with one attached hydrogen (secondary N) is 1. The second-order valence-corrected chi connectivity index (χ2v) is 6.79. The Morgan fingerprint density at radius 1 is 0.828 bits per heavy atom. The summed E-state index contributed by atoms with van der Waals surface area (Å²) in [5.74, 6) is 1.23. The molecule has 1 fully saturated rings. The van der Waals surface area contributed by atoms with Crippen molar-refractivity contribution in [3.05, 3.63) is 72.3 Å². The van der Waals surface area contributed by atoms with Crippen LogP contribution >= 0.6 is 0 Å². The summed E-state index contributed by atoms with van der Waals surface area (Å²) < 4.78 is 0. The van der Waals surface area contributed by atoms with Crippen LogP contribution in [-0.2, 0) is 6.42 Å². The lowest BCUT2D eigenvalue weighted by atomic mass is 10.1. The first-order chi connectivity index (χ1) is 14.3. The summed E-state index contributed by atoms with van der Waals surface area (Å²) in [4.78, 5) is 33.9. The Labute approximate surface area is 169 Å². The molecule has 2 aromatic heterocycles. The standard InChI is InChI=1S/C21H23N7O/c29-19(22-10-7-17-5-2-1-3-6-17)18-15-25-21(26-16-18)28-13-11-27(12-14-28)20-23-8-4-9-24-20/h1-6,8-9,15-16H,7,10-14H2,(H,22,29). The number of amides is 1. The molecule has 4 rings (SSSR count). The molecule has 0 saturated carbocycles. The highest BCUT2D eigenvalue weighted by Crippen LogP contribution is 2.14. The molecule has 148 valence electrons. The van der Waals surface area contributed by atoms with Gasteiger partial charge in [0, 0.05) is 57.5 Å². The van der Waals surface area contributed by atoms with Gasteiger partial charge in [0.2, 0.25) is 11.9 Å². The Kier molecular flexibility index (Phi) is 5.89. The van der Waals surface area contributed by atoms with Crippen molar-refractivity contribution in [3.8, 4) is 0 Å². The van der Waals surface area contributed by atoms with E-state index in [4.69, 9.17) is 0 Å². The monoisotopic (exact) mass is 389 g/mol. The minimum Gasteiger partial charge on any atom is -0.352 e. The molecule has 1 N–H and O–H groups in total. The first kappa shape index (κ1) is 18.8. The molecule has 0 radical (unpaired) electrons. The topological polar surface area (TPSA) is 87.1 Å². The minimum absolute atomic E-state index is 0.154. The van der Waals surface area contributed by atoms with E-state index in [0.29, 0.717) is 18.1 Å². The number of hydrogen-bond donors (Lipinski definition) is 1. The molecule has 8 heteroatoms. The third kappa shape index (κ3) is 4.84. The molecule has 3 heterocycles. The number of piperazine rings is 1. The van der Waals surface area contributed by atoms with Gasteiger partial charge in [-0.2, -0.15) is 0 Å². The predicted octanol–water partition coefficient (Wildman–Crippen LogP) is 1.57. The largest absolute Gasteiger partial charge is 0.352 e. The van der Waals surface area contributed by atoms with Crippen molar-refractivity contribution in [2.45, 2.75) is 6.42 Å². The molecule has 0 unspecified atom stereocenters. The smallest absolute Gasteiger partial charge is 0.254 e. The van der Waals surface area contributed by atoms with Crippen LogP contribution in [0.25, 0.3) is 0 Å². The molecule has 0 bridgehead atoms. The number of benzene rings is 1. The fourth-order valence-electron chi connectivity index (χ4n) is 3.23. The summed E-state index contributed by atoms with van der Waals surface area (Å²) in [5, 5.41) is 2.92. The van der Waals surface area contributed by atoms with Crippen LogP contribution in [0.4, 0.5) is 11.9 Å². The van der Waals surface area contributed by atoms with Crippen molar-refractivity contribution in [2.24, 2.45) is 0 Å². The van der Waals surface area contributed by atoms with E-state index in [1.54, 1.807) is 24.8 Å². The zero-order chi connectivity index (χ0) is 19.9. The number of carbonyl (C=O) groups is 1. The minimum atomic E-state index is -0.154. The van der Waals surface area contributed by atoms with Crippen molar-refractivity contribution in [1.29, 1.82) is 0 Å². The maximum Gasteiger partial charge on any atom is 0.254 e. The maximum atomic E-state index is 12.3. The molecule has 0 spiro atoms. The number of rotatable bonds is 6. The number of anilines is 2. The van der Waals surface area contributed by atoms with E-state index in [-0.39, 0.29) is 5.91 Å². The van der Waals surface area contributed by atoms with Gasteiger partial charge in [0.15, 0.2) is 0 Å². The number of carbonyl (C=O) groups excluding carboxylic acids is 1. The summed E-state index contributed by atoms with van der Waals surface area (Å²) in [7, 11) is 0. The average Bonchev–Trinajstić information content (AvgIpc) is 2.80. The fraction of sp³-hybridized carbons (Fsp3) is 0.286. The molecular formula is C21H23N7O. The van der Waals surface area contributed by atoms with Crippen LogP contribution < -0.4 is 15.1 Å². The Morgan fingerprint density at radius 2 is 1.41 bits per heavy atom. The first-order valence-corrected chi connectivity index (χ1v) is 9.71. The third-order valence-corrected chi connectivity index (χ3v) is 4.84. The molecule has 0 aliphatic carbocycles. The van der Waals surface area contributed by atoms with Gasteiger partial charge in [-0.05, 0) is 18.1 Å². The molecule has 0 atom stereocenters. The van der Waals surface area contributed by atoms with Crippen LogP contribution in [0.5, 0.6) is 0 Å². The van der Waals surface area contributed by atoms with Gasteiger partial charge in [0.05, 0.1) is 5.56 Å². The highest BCUT2D eigenvalue weighted by molar-refractivity contribution is 5.93. The van der Waals surface area contributed by atoms with E-state index in [9.17, 15) is 4.79 Å². The van der Waals surface area contributed by atoms with Crippen LogP contribution in [0.1, 0.15) is 15.9 Å². The maximum absolute atomic E-state index is 12.3. The van der Waals surface area contributed by atoms with Gasteiger partial charge in [-0.25, -0.2) is 19.9 Å². The first-order valence-electron chi connectivity index (χ1n) is 9.71. The van der Waals surface area contributed by atoms with Crippen molar-refractivity contribution >= 4 is 17.8 Å². The molecule has 1 saturated heterocycles. The van der Waals surface area contributed by atoms with Crippen molar-refractivity contribution < 1.29 is 4.79 Å². The van der Waals surface area contributed by atoms with Crippen LogP contribution in [0.15, 0.2) is 61.2 Å². The molecule has 3 aromatic rings. The molecule has 8 nitrogen and oxygen atoms in total. The lowest BCUT2D eigenvalue weighted by Gasteiger charge is -2.34. The number of nitrogens with zero attached hydrogens (tertiary/aromatic N) is 6. The van der Waals surface area contributed by atoms with E-state index in [1.165, 1.54) is 5.56 Å². The lowest BCUT2D eigenvalue weighted by molar-refractivity contribution is 0.0953. The predicted molar refractivity (Wildman–Crippen MR) is 111 cm³/mol. The van der Waals surface area contributed by atoms with Gasteiger partial charge in [-0.15, -0.1) is 0 Å². The third-order valence-electron chi connectivity index (χ3n) is 4.84. The van der Waals surface area contributed by atoms with Crippen molar-refractivity contribution in [3.63, 3.8) is 0 Å². The number of hydrogen-bond acceptors (Lipinski definition) is 7. The molecule has 1 aliphatic heterocycles. The summed E-state index contributed by atoms with van der Waals surface area (Å²) in [6, 6.07) is 11.9. The summed E-state index contributed by atoms with van der Waals surface area (Å²) in [6.45, 7) is 3.74. The normalized spacial score (nSPS) is 13.9. The van der Waals surface area contributed by atoms with Gasteiger partial charge in [0.25, 0.3) is 5.91 Å². The summed E-state index contributed by atoms with van der Waals surface area (Å²) >= 11 is 0. The van der Waals surface area contributed by atoms with Crippen LogP contribution in [-0.4, -0.2) is 58.6 Å². The Morgan fingerprint density at radius 3 is 2.03 bits per heavy atom. The zero-order valence-electron chi connectivity index (χ0n) is 16.1. The zero-order valence-corrected chi connectivity index (χ0v) is 16.1. The summed E-state index contributed by atoms with van der Waals surface area (Å²) in [5.41, 5.74) is 1.66. The highest BCUT2D eigenvalue weighted by atomic mass is 16.1. The second kappa shape index (κ2) is 9.09. The molecular weight excluding hydrogens is 366 g/mol. The summed E-state index contributed by atoms with van der Waals surface area (Å²) in [6.07, 6.45) is 7.48. The van der Waals surface area contributed by atoms with E-state index in [1.807, 2.05) is 36.4 Å². The Bertz CT molecular complexity index is 911. The van der Waals surface area contributed by atoms with Crippen molar-refractivity contribution in [2.75, 3.05) is 42.5 Å². The molecule has 29 heavy (non-hydrogen) atoms. The van der Waals surface area contributed by atoms with Gasteiger partial charge in [0.1, 0.15) is 0 Å². The molecule has 1 amide bonds. The fourth-order valence-corrected chi connectivity index (χ4v) is 3.23. The quantitative estimate of drug-likeness (QED) is 0.685. The van der Waals surface area contributed by atoms with E-state index in [0.717, 1.165) is 38.5 Å². The Hall–Kier alpha value is -3.55. The van der Waals surface area contributed by atoms with Gasteiger partial charge in [-0.3, -0.25) is 4.79 Å². The van der Waals surface area contributed by atoms with Crippen LogP contribution in [0.3, 0.4) is 0 Å². The van der Waals surface area contributed by atoms with Crippen molar-refractivity contribution in [1.82, 2.24) is 25.3 Å². The van der Waals surface area contributed by atoms with Gasteiger partial charge in [-0.1, -0.05) is 30.3 Å². The van der Waals surface area contributed by atoms with E-state index >= 15 is 0 Å². The Balaban J connectivity index is 1.27. The van der Waals surface area contributed by atoms with Crippen LogP contribution in [0, 0.1) is 0 Å². The van der Waals surface area contributed by atoms with E-state index in [2.05, 4.69) is 35.1 Å².